The zero-order valence-corrected chi connectivity index (χ0v) is 13.0. The van der Waals surface area contributed by atoms with Gasteiger partial charge in [0.15, 0.2) is 0 Å². The van der Waals surface area contributed by atoms with Crippen LogP contribution in [0.1, 0.15) is 5.56 Å². The predicted molar refractivity (Wildman–Crippen MR) is 92.5 cm³/mol. The highest BCUT2D eigenvalue weighted by molar-refractivity contribution is 5.81. The molecule has 0 amide bonds. The van der Waals surface area contributed by atoms with Crippen molar-refractivity contribution in [2.24, 2.45) is 0 Å². The Morgan fingerprint density at radius 3 is 2.58 bits per heavy atom. The predicted octanol–water partition coefficient (Wildman–Crippen LogP) is 3.58. The van der Waals surface area contributed by atoms with Crippen LogP contribution in [0.5, 0.6) is 11.5 Å². The number of nitriles is 1. The number of phenols is 1. The zero-order valence-electron chi connectivity index (χ0n) is 13.0. The third-order valence-corrected chi connectivity index (χ3v) is 3.72. The summed E-state index contributed by atoms with van der Waals surface area (Å²) in [5.41, 5.74) is 8.76. The van der Waals surface area contributed by atoms with Crippen LogP contribution < -0.4 is 10.5 Å². The van der Waals surface area contributed by atoms with Crippen LogP contribution in [0.4, 0.5) is 5.82 Å². The highest BCUT2D eigenvalue weighted by atomic mass is 16.5. The minimum Gasteiger partial charge on any atom is -0.507 e. The van der Waals surface area contributed by atoms with E-state index in [-0.39, 0.29) is 11.6 Å². The lowest BCUT2D eigenvalue weighted by atomic mass is 9.98. The number of anilines is 1. The number of rotatable bonds is 3. The second-order valence-corrected chi connectivity index (χ2v) is 5.18. The number of ether oxygens (including phenoxy) is 1. The first-order valence-electron chi connectivity index (χ1n) is 7.27. The number of nitrogen functional groups attached to an aromatic ring is 1. The van der Waals surface area contributed by atoms with Crippen molar-refractivity contribution in [1.29, 1.82) is 5.26 Å². The molecule has 0 atom stereocenters. The van der Waals surface area contributed by atoms with Gasteiger partial charge in [-0.25, -0.2) is 4.98 Å². The van der Waals surface area contributed by atoms with Crippen molar-refractivity contribution in [3.05, 3.63) is 60.2 Å². The largest absolute Gasteiger partial charge is 0.507 e. The second-order valence-electron chi connectivity index (χ2n) is 5.18. The van der Waals surface area contributed by atoms with Gasteiger partial charge in [-0.3, -0.25) is 0 Å². The molecule has 1 heterocycles. The van der Waals surface area contributed by atoms with Crippen molar-refractivity contribution < 1.29 is 9.84 Å². The molecule has 118 valence electrons. The Morgan fingerprint density at radius 1 is 1.08 bits per heavy atom. The number of aromatic hydroxyl groups is 1. The van der Waals surface area contributed by atoms with Gasteiger partial charge in [0, 0.05) is 11.1 Å². The highest BCUT2D eigenvalue weighted by Crippen LogP contribution is 2.35. The van der Waals surface area contributed by atoms with E-state index in [1.165, 1.54) is 0 Å². The molecule has 3 aromatic rings. The van der Waals surface area contributed by atoms with E-state index in [9.17, 15) is 10.4 Å². The van der Waals surface area contributed by atoms with E-state index in [0.29, 0.717) is 28.1 Å². The molecule has 24 heavy (non-hydrogen) atoms. The standard InChI is InChI=1S/C19H15N3O2/c1-24-13-6-4-5-12(9-13)15-10-17(22-19(21)16(15)11-20)14-7-2-3-8-18(14)23/h2-10,23H,1H3,(H2,21,22). The Labute approximate surface area is 139 Å². The van der Waals surface area contributed by atoms with E-state index in [1.807, 2.05) is 24.3 Å². The summed E-state index contributed by atoms with van der Waals surface area (Å²) < 4.78 is 5.24. The first kappa shape index (κ1) is 15.4. The number of hydrogen-bond acceptors (Lipinski definition) is 5. The molecule has 0 unspecified atom stereocenters. The molecular weight excluding hydrogens is 302 g/mol. The molecule has 0 aliphatic rings. The fourth-order valence-electron chi connectivity index (χ4n) is 2.53. The summed E-state index contributed by atoms with van der Waals surface area (Å²) in [6.45, 7) is 0. The van der Waals surface area contributed by atoms with E-state index < -0.39 is 0 Å². The first-order valence-corrected chi connectivity index (χ1v) is 7.27. The summed E-state index contributed by atoms with van der Waals surface area (Å²) in [7, 11) is 1.58. The molecule has 2 aromatic carbocycles. The van der Waals surface area contributed by atoms with E-state index in [1.54, 1.807) is 37.4 Å². The van der Waals surface area contributed by atoms with Crippen molar-refractivity contribution in [3.63, 3.8) is 0 Å². The number of phenolic OH excluding ortho intramolecular Hbond substituents is 1. The van der Waals surface area contributed by atoms with Gasteiger partial charge in [-0.15, -0.1) is 0 Å². The molecule has 5 nitrogen and oxygen atoms in total. The molecular formula is C19H15N3O2. The summed E-state index contributed by atoms with van der Waals surface area (Å²) in [6, 6.07) is 18.1. The fraction of sp³-hybridized carbons (Fsp3) is 0.0526. The topological polar surface area (TPSA) is 92.2 Å². The third-order valence-electron chi connectivity index (χ3n) is 3.72. The molecule has 0 saturated carbocycles. The smallest absolute Gasteiger partial charge is 0.142 e. The van der Waals surface area contributed by atoms with Gasteiger partial charge in [0.1, 0.15) is 28.9 Å². The average Bonchev–Trinajstić information content (AvgIpc) is 2.61. The molecule has 3 N–H and O–H groups in total. The lowest BCUT2D eigenvalue weighted by molar-refractivity contribution is 0.415. The Morgan fingerprint density at radius 2 is 1.88 bits per heavy atom. The monoisotopic (exact) mass is 317 g/mol. The van der Waals surface area contributed by atoms with Crippen LogP contribution in [0.15, 0.2) is 54.6 Å². The molecule has 0 radical (unpaired) electrons. The molecule has 5 heteroatoms. The van der Waals surface area contributed by atoms with E-state index in [2.05, 4.69) is 11.1 Å². The van der Waals surface area contributed by atoms with Gasteiger partial charge in [0.2, 0.25) is 0 Å². The molecule has 0 bridgehead atoms. The maximum atomic E-state index is 10.1. The number of methoxy groups -OCH3 is 1. The second kappa shape index (κ2) is 6.31. The van der Waals surface area contributed by atoms with Crippen molar-refractivity contribution in [3.8, 4) is 40.0 Å². The van der Waals surface area contributed by atoms with Crippen LogP contribution in [-0.4, -0.2) is 17.2 Å². The summed E-state index contributed by atoms with van der Waals surface area (Å²) in [4.78, 5) is 4.27. The maximum Gasteiger partial charge on any atom is 0.142 e. The molecule has 0 spiro atoms. The molecule has 0 aliphatic carbocycles. The highest BCUT2D eigenvalue weighted by Gasteiger charge is 2.15. The Bertz CT molecular complexity index is 946. The molecule has 0 fully saturated rings. The number of para-hydroxylation sites is 1. The number of hydrogen-bond donors (Lipinski definition) is 2. The molecule has 1 aromatic heterocycles. The minimum atomic E-state index is 0.102. The average molecular weight is 317 g/mol. The lowest BCUT2D eigenvalue weighted by Gasteiger charge is -2.12. The number of nitrogens with two attached hydrogens (primary N) is 1. The van der Waals surface area contributed by atoms with Crippen LogP contribution in [-0.2, 0) is 0 Å². The zero-order chi connectivity index (χ0) is 17.1. The van der Waals surface area contributed by atoms with Gasteiger partial charge in [0.25, 0.3) is 0 Å². The van der Waals surface area contributed by atoms with Crippen LogP contribution >= 0.6 is 0 Å². The SMILES string of the molecule is COc1cccc(-c2cc(-c3ccccc3O)nc(N)c2C#N)c1. The Kier molecular flexibility index (Phi) is 4.04. The van der Waals surface area contributed by atoms with Gasteiger partial charge >= 0.3 is 0 Å². The van der Waals surface area contributed by atoms with E-state index >= 15 is 0 Å². The van der Waals surface area contributed by atoms with Gasteiger partial charge in [-0.05, 0) is 35.9 Å². The summed E-state index contributed by atoms with van der Waals surface area (Å²) in [5, 5.41) is 19.5. The quantitative estimate of drug-likeness (QED) is 0.770. The van der Waals surface area contributed by atoms with Gasteiger partial charge < -0.3 is 15.6 Å². The van der Waals surface area contributed by atoms with Crippen LogP contribution in [0, 0.1) is 11.3 Å². The van der Waals surface area contributed by atoms with Crippen LogP contribution in [0.2, 0.25) is 0 Å². The summed E-state index contributed by atoms with van der Waals surface area (Å²) in [6.07, 6.45) is 0. The summed E-state index contributed by atoms with van der Waals surface area (Å²) in [5.74, 6) is 0.901. The van der Waals surface area contributed by atoms with Crippen molar-refractivity contribution in [2.75, 3.05) is 12.8 Å². The number of aromatic nitrogens is 1. The number of pyridine rings is 1. The van der Waals surface area contributed by atoms with Crippen molar-refractivity contribution in [2.45, 2.75) is 0 Å². The van der Waals surface area contributed by atoms with Crippen LogP contribution in [0.3, 0.4) is 0 Å². The lowest BCUT2D eigenvalue weighted by Crippen LogP contribution is -2.00. The molecule has 0 saturated heterocycles. The van der Waals surface area contributed by atoms with Gasteiger partial charge in [-0.2, -0.15) is 5.26 Å². The number of benzene rings is 2. The van der Waals surface area contributed by atoms with Crippen molar-refractivity contribution >= 4 is 5.82 Å². The molecule has 0 aliphatic heterocycles. The Hall–Kier alpha value is -3.52. The number of nitrogens with zero attached hydrogens (tertiary/aromatic N) is 2. The van der Waals surface area contributed by atoms with E-state index in [4.69, 9.17) is 10.5 Å². The van der Waals surface area contributed by atoms with Crippen LogP contribution in [0.25, 0.3) is 22.4 Å². The van der Waals surface area contributed by atoms with Gasteiger partial charge in [-0.1, -0.05) is 24.3 Å². The fourth-order valence-corrected chi connectivity index (χ4v) is 2.53. The third kappa shape index (κ3) is 2.73. The van der Waals surface area contributed by atoms with Crippen molar-refractivity contribution in [1.82, 2.24) is 4.98 Å². The first-order chi connectivity index (χ1) is 11.6. The normalized spacial score (nSPS) is 10.2. The Balaban J connectivity index is 2.25. The molecule has 3 rings (SSSR count). The minimum absolute atomic E-state index is 0.102. The van der Waals surface area contributed by atoms with Gasteiger partial charge in [0.05, 0.1) is 12.8 Å². The summed E-state index contributed by atoms with van der Waals surface area (Å²) >= 11 is 0. The maximum absolute atomic E-state index is 10.1. The van der Waals surface area contributed by atoms with E-state index in [0.717, 1.165) is 5.56 Å².